The monoisotopic (exact) mass is 437 g/mol. The third kappa shape index (κ3) is 3.22. The number of halogens is 1. The summed E-state index contributed by atoms with van der Waals surface area (Å²) in [4.78, 5) is 27.8. The van der Waals surface area contributed by atoms with Gasteiger partial charge in [0.2, 0.25) is 0 Å². The molecule has 0 bridgehead atoms. The highest BCUT2D eigenvalue weighted by atomic mass is 32.2. The van der Waals surface area contributed by atoms with E-state index in [1.165, 1.54) is 35.2 Å². The van der Waals surface area contributed by atoms with Gasteiger partial charge in [0.1, 0.15) is 5.82 Å². The van der Waals surface area contributed by atoms with Crippen molar-refractivity contribution in [2.75, 3.05) is 6.54 Å². The normalized spacial score (nSPS) is 22.0. The molecule has 3 atom stereocenters. The highest BCUT2D eigenvalue weighted by molar-refractivity contribution is 7.99. The van der Waals surface area contributed by atoms with Crippen molar-refractivity contribution in [3.8, 4) is 16.6 Å². The van der Waals surface area contributed by atoms with Gasteiger partial charge in [0.25, 0.3) is 5.91 Å². The Morgan fingerprint density at radius 1 is 1.30 bits per heavy atom. The first-order valence-electron chi connectivity index (χ1n) is 9.39. The van der Waals surface area contributed by atoms with Crippen LogP contribution in [0.1, 0.15) is 16.7 Å². The molecule has 3 aromatic rings. The molecule has 1 amide bonds. The molecule has 0 saturated carbocycles. The maximum absolute atomic E-state index is 13.2. The zero-order chi connectivity index (χ0) is 20.8. The number of piperazine rings is 1. The second-order valence-corrected chi connectivity index (χ2v) is 9.37. The van der Waals surface area contributed by atoms with Gasteiger partial charge in [-0.25, -0.2) is 9.37 Å². The summed E-state index contributed by atoms with van der Waals surface area (Å²) in [6.07, 6.45) is 7.36. The zero-order valence-corrected chi connectivity index (χ0v) is 17.5. The largest absolute Gasteiger partial charge is 0.322 e. The van der Waals surface area contributed by atoms with E-state index >= 15 is 0 Å². The Morgan fingerprint density at radius 2 is 2.10 bits per heavy atom. The number of fused-ring (bicyclic) bond motifs is 1. The summed E-state index contributed by atoms with van der Waals surface area (Å²) in [5, 5.41) is 9.58. The Labute approximate surface area is 181 Å². The molecule has 6 nitrogen and oxygen atoms in total. The molecule has 0 aliphatic carbocycles. The van der Waals surface area contributed by atoms with E-state index in [4.69, 9.17) is 5.26 Å². The number of pyridine rings is 1. The molecule has 0 radical (unpaired) electrons. The predicted molar refractivity (Wildman–Crippen MR) is 111 cm³/mol. The number of hydrogen-bond acceptors (Lipinski definition) is 7. The van der Waals surface area contributed by atoms with Crippen molar-refractivity contribution in [1.29, 1.82) is 5.26 Å². The van der Waals surface area contributed by atoms with Crippen molar-refractivity contribution in [2.45, 2.75) is 34.8 Å². The lowest BCUT2D eigenvalue weighted by Crippen LogP contribution is -2.35. The number of carbonyl (C=O) groups excluding carboxylic acids is 1. The first-order chi connectivity index (χ1) is 14.6. The molecule has 0 N–H and O–H groups in total. The highest BCUT2D eigenvalue weighted by Crippen LogP contribution is 2.43. The Balaban J connectivity index is 1.36. The van der Waals surface area contributed by atoms with Gasteiger partial charge in [-0.05, 0) is 37.3 Å². The van der Waals surface area contributed by atoms with Crippen LogP contribution in [0.2, 0.25) is 0 Å². The van der Waals surface area contributed by atoms with Gasteiger partial charge in [-0.15, -0.1) is 11.3 Å². The lowest BCUT2D eigenvalue weighted by atomic mass is 10.2. The van der Waals surface area contributed by atoms with Crippen LogP contribution in [0.25, 0.3) is 10.4 Å². The van der Waals surface area contributed by atoms with Crippen LogP contribution < -0.4 is 0 Å². The minimum Gasteiger partial charge on any atom is -0.322 e. The summed E-state index contributed by atoms with van der Waals surface area (Å²) in [7, 11) is 0. The topological polar surface area (TPSA) is 72.9 Å². The standard InChI is InChI=1S/C21H16FN5OS2/c1-12-19-16(10-26(12)11-23)27(19)21(28)20-25-9-18(30-20)15-6-7-24-8-17(15)29-14-4-2-13(22)3-5-14/h2-9,12,16,19H,10H2,1H3/t12?,16?,19-,27?/m0/s1. The third-order valence-electron chi connectivity index (χ3n) is 5.50. The summed E-state index contributed by atoms with van der Waals surface area (Å²) in [6, 6.07) is 8.44. The van der Waals surface area contributed by atoms with Gasteiger partial charge in [-0.2, -0.15) is 5.26 Å². The average Bonchev–Trinajstić information content (AvgIpc) is 3.08. The van der Waals surface area contributed by atoms with Gasteiger partial charge in [-0.1, -0.05) is 11.8 Å². The molecule has 1 aromatic carbocycles. The molecule has 30 heavy (non-hydrogen) atoms. The minimum atomic E-state index is -0.275. The van der Waals surface area contributed by atoms with Crippen LogP contribution in [0.5, 0.6) is 0 Å². The Kier molecular flexibility index (Phi) is 4.68. The third-order valence-corrected chi connectivity index (χ3v) is 7.57. The Hall–Kier alpha value is -2.96. The van der Waals surface area contributed by atoms with E-state index in [1.807, 2.05) is 17.9 Å². The number of rotatable bonds is 4. The second-order valence-electron chi connectivity index (χ2n) is 7.22. The molecule has 2 saturated heterocycles. The maximum atomic E-state index is 13.2. The average molecular weight is 438 g/mol. The van der Waals surface area contributed by atoms with Gasteiger partial charge < -0.3 is 9.80 Å². The van der Waals surface area contributed by atoms with Gasteiger partial charge in [0, 0.05) is 33.9 Å². The fraction of sp³-hybridized carbons (Fsp3) is 0.238. The van der Waals surface area contributed by atoms with E-state index in [0.29, 0.717) is 11.6 Å². The van der Waals surface area contributed by atoms with Crippen LogP contribution in [-0.4, -0.2) is 50.3 Å². The molecule has 2 aliphatic rings. The number of likely N-dealkylation sites (tertiary alicyclic amines) is 1. The van der Waals surface area contributed by atoms with E-state index in [2.05, 4.69) is 16.2 Å². The van der Waals surface area contributed by atoms with E-state index in [-0.39, 0.29) is 29.8 Å². The SMILES string of the molecule is CC1[C@H]2C(CN1C#N)N2C(=O)c1ncc(-c2ccncc2Sc2ccc(F)cc2)s1. The van der Waals surface area contributed by atoms with Crippen molar-refractivity contribution >= 4 is 29.0 Å². The molecule has 2 aromatic heterocycles. The number of nitriles is 1. The molecular formula is C21H16FN5OS2. The number of amides is 1. The lowest BCUT2D eigenvalue weighted by Gasteiger charge is -2.20. The van der Waals surface area contributed by atoms with E-state index in [0.717, 1.165) is 20.2 Å². The first-order valence-corrected chi connectivity index (χ1v) is 11.0. The lowest BCUT2D eigenvalue weighted by molar-refractivity contribution is 0.0832. The quantitative estimate of drug-likeness (QED) is 0.456. The molecule has 2 unspecified atom stereocenters. The van der Waals surface area contributed by atoms with Gasteiger partial charge in [0.15, 0.2) is 11.2 Å². The number of carbonyl (C=O) groups is 1. The molecule has 2 fully saturated rings. The summed E-state index contributed by atoms with van der Waals surface area (Å²) in [6.45, 7) is 2.57. The summed E-state index contributed by atoms with van der Waals surface area (Å²) in [5.74, 6) is -0.351. The number of nitrogens with zero attached hydrogens (tertiary/aromatic N) is 5. The molecule has 4 heterocycles. The van der Waals surface area contributed by atoms with Crippen LogP contribution in [0.3, 0.4) is 0 Å². The Morgan fingerprint density at radius 3 is 2.80 bits per heavy atom. The van der Waals surface area contributed by atoms with Crippen molar-refractivity contribution in [3.63, 3.8) is 0 Å². The number of thiazole rings is 1. The van der Waals surface area contributed by atoms with Crippen molar-refractivity contribution in [1.82, 2.24) is 19.8 Å². The second kappa shape index (κ2) is 7.38. The molecule has 150 valence electrons. The van der Waals surface area contributed by atoms with Crippen LogP contribution in [-0.2, 0) is 0 Å². The Bertz CT molecular complexity index is 1160. The van der Waals surface area contributed by atoms with Gasteiger partial charge >= 0.3 is 0 Å². The number of benzene rings is 1. The number of hydrogen-bond donors (Lipinski definition) is 0. The molecule has 9 heteroatoms. The molecule has 5 rings (SSSR count). The predicted octanol–water partition coefficient (Wildman–Crippen LogP) is 3.87. The fourth-order valence-corrected chi connectivity index (χ4v) is 5.81. The summed E-state index contributed by atoms with van der Waals surface area (Å²) < 4.78 is 13.2. The van der Waals surface area contributed by atoms with Crippen molar-refractivity contribution in [2.24, 2.45) is 0 Å². The minimum absolute atomic E-state index is 0.0438. The molecule has 2 aliphatic heterocycles. The van der Waals surface area contributed by atoms with Gasteiger partial charge in [0.05, 0.1) is 29.5 Å². The van der Waals surface area contributed by atoms with Gasteiger partial charge in [-0.3, -0.25) is 9.78 Å². The van der Waals surface area contributed by atoms with E-state index < -0.39 is 0 Å². The van der Waals surface area contributed by atoms with Crippen LogP contribution in [0, 0.1) is 17.3 Å². The number of aromatic nitrogens is 2. The maximum Gasteiger partial charge on any atom is 0.283 e. The van der Waals surface area contributed by atoms with E-state index in [9.17, 15) is 9.18 Å². The smallest absolute Gasteiger partial charge is 0.283 e. The zero-order valence-electron chi connectivity index (χ0n) is 15.9. The molecular weight excluding hydrogens is 421 g/mol. The summed E-state index contributed by atoms with van der Waals surface area (Å²) >= 11 is 2.84. The van der Waals surface area contributed by atoms with Crippen LogP contribution in [0.4, 0.5) is 4.39 Å². The highest BCUT2D eigenvalue weighted by Gasteiger charge is 2.61. The fourth-order valence-electron chi connectivity index (χ4n) is 3.92. The molecule has 0 spiro atoms. The van der Waals surface area contributed by atoms with Crippen molar-refractivity contribution < 1.29 is 9.18 Å². The summed E-state index contributed by atoms with van der Waals surface area (Å²) in [5.41, 5.74) is 0.936. The van der Waals surface area contributed by atoms with Crippen LogP contribution in [0.15, 0.2) is 58.7 Å². The van der Waals surface area contributed by atoms with E-state index in [1.54, 1.807) is 35.6 Å². The van der Waals surface area contributed by atoms with Crippen molar-refractivity contribution in [3.05, 3.63) is 59.7 Å². The van der Waals surface area contributed by atoms with Crippen LogP contribution >= 0.6 is 23.1 Å². The first kappa shape index (κ1) is 19.0.